The van der Waals surface area contributed by atoms with E-state index >= 15 is 0 Å². The molecule has 0 fully saturated rings. The molecule has 1 aliphatic heterocycles. The third kappa shape index (κ3) is 2.74. The topological polar surface area (TPSA) is 29.5 Å². The number of hydrogen-bond acceptors (Lipinski definition) is 4. The SMILES string of the molecule is COc1ccc(/C=C2/Sc3ccc(N(C)C)cc3C2=O)cc1. The Kier molecular flexibility index (Phi) is 3.94. The third-order valence-electron chi connectivity index (χ3n) is 3.58. The second-order valence-electron chi connectivity index (χ2n) is 5.29. The molecule has 2 aromatic carbocycles. The van der Waals surface area contributed by atoms with Crippen LogP contribution in [-0.4, -0.2) is 27.0 Å². The normalized spacial score (nSPS) is 15.0. The van der Waals surface area contributed by atoms with Crippen molar-refractivity contribution in [2.75, 3.05) is 26.1 Å². The van der Waals surface area contributed by atoms with Crippen LogP contribution in [0, 0.1) is 0 Å². The van der Waals surface area contributed by atoms with Crippen molar-refractivity contribution in [3.8, 4) is 5.75 Å². The standard InChI is InChI=1S/C18H17NO2S/c1-19(2)13-6-9-16-15(11-13)18(20)17(22-16)10-12-4-7-14(21-3)8-5-12/h4-11H,1-3H3/b17-10+. The van der Waals surface area contributed by atoms with Crippen LogP contribution >= 0.6 is 11.8 Å². The predicted molar refractivity (Wildman–Crippen MR) is 91.9 cm³/mol. The maximum Gasteiger partial charge on any atom is 0.200 e. The van der Waals surface area contributed by atoms with Gasteiger partial charge >= 0.3 is 0 Å². The Bertz CT molecular complexity index is 748. The van der Waals surface area contributed by atoms with Gasteiger partial charge in [-0.25, -0.2) is 0 Å². The van der Waals surface area contributed by atoms with E-state index in [0.717, 1.165) is 32.4 Å². The molecule has 0 bridgehead atoms. The van der Waals surface area contributed by atoms with E-state index in [1.165, 1.54) is 11.8 Å². The van der Waals surface area contributed by atoms with Gasteiger partial charge in [0.15, 0.2) is 0 Å². The lowest BCUT2D eigenvalue weighted by atomic mass is 10.1. The van der Waals surface area contributed by atoms with Crippen LogP contribution in [0.2, 0.25) is 0 Å². The highest BCUT2D eigenvalue weighted by Crippen LogP contribution is 2.42. The van der Waals surface area contributed by atoms with E-state index in [9.17, 15) is 4.79 Å². The summed E-state index contributed by atoms with van der Waals surface area (Å²) in [6, 6.07) is 13.7. The van der Waals surface area contributed by atoms with Gasteiger partial charge in [0.2, 0.25) is 5.78 Å². The highest BCUT2D eigenvalue weighted by molar-refractivity contribution is 8.04. The molecule has 22 heavy (non-hydrogen) atoms. The fourth-order valence-electron chi connectivity index (χ4n) is 2.31. The molecule has 0 atom stereocenters. The summed E-state index contributed by atoms with van der Waals surface area (Å²) in [6.07, 6.45) is 1.93. The highest BCUT2D eigenvalue weighted by Gasteiger charge is 2.26. The second-order valence-corrected chi connectivity index (χ2v) is 6.37. The molecule has 2 aromatic rings. The first-order valence-electron chi connectivity index (χ1n) is 6.98. The molecule has 3 nitrogen and oxygen atoms in total. The molecule has 0 spiro atoms. The van der Waals surface area contributed by atoms with E-state index in [2.05, 4.69) is 0 Å². The van der Waals surface area contributed by atoms with Gasteiger partial charge in [0.05, 0.1) is 12.0 Å². The highest BCUT2D eigenvalue weighted by atomic mass is 32.2. The van der Waals surface area contributed by atoms with Gasteiger partial charge in [0, 0.05) is 30.2 Å². The number of methoxy groups -OCH3 is 1. The maximum atomic E-state index is 12.6. The first-order valence-corrected chi connectivity index (χ1v) is 7.80. The molecule has 0 aromatic heterocycles. The molecule has 1 aliphatic rings. The molecular weight excluding hydrogens is 294 g/mol. The Labute approximate surface area is 134 Å². The van der Waals surface area contributed by atoms with E-state index in [-0.39, 0.29) is 5.78 Å². The van der Waals surface area contributed by atoms with E-state index < -0.39 is 0 Å². The summed E-state index contributed by atoms with van der Waals surface area (Å²) in [7, 11) is 5.59. The van der Waals surface area contributed by atoms with Crippen molar-refractivity contribution >= 4 is 29.3 Å². The van der Waals surface area contributed by atoms with Gasteiger partial charge in [-0.15, -0.1) is 0 Å². The van der Waals surface area contributed by atoms with Crippen LogP contribution in [-0.2, 0) is 0 Å². The van der Waals surface area contributed by atoms with Gasteiger partial charge in [-0.3, -0.25) is 4.79 Å². The molecule has 0 radical (unpaired) electrons. The molecule has 3 rings (SSSR count). The monoisotopic (exact) mass is 311 g/mol. The smallest absolute Gasteiger partial charge is 0.200 e. The molecule has 0 amide bonds. The number of nitrogens with zero attached hydrogens (tertiary/aromatic N) is 1. The summed E-state index contributed by atoms with van der Waals surface area (Å²) in [6.45, 7) is 0. The van der Waals surface area contributed by atoms with Crippen LogP contribution in [0.1, 0.15) is 15.9 Å². The molecular formula is C18H17NO2S. The van der Waals surface area contributed by atoms with Crippen LogP contribution in [0.4, 0.5) is 5.69 Å². The fraction of sp³-hybridized carbons (Fsp3) is 0.167. The Hall–Kier alpha value is -2.20. The second kappa shape index (κ2) is 5.89. The van der Waals surface area contributed by atoms with Crippen LogP contribution in [0.5, 0.6) is 5.75 Å². The van der Waals surface area contributed by atoms with Crippen LogP contribution in [0.15, 0.2) is 52.3 Å². The first-order chi connectivity index (χ1) is 10.6. The number of anilines is 1. The molecule has 1 heterocycles. The zero-order valence-corrected chi connectivity index (χ0v) is 13.6. The van der Waals surface area contributed by atoms with Gasteiger partial charge in [0.1, 0.15) is 5.75 Å². The molecule has 0 N–H and O–H groups in total. The maximum absolute atomic E-state index is 12.6. The average molecular weight is 311 g/mol. The third-order valence-corrected chi connectivity index (χ3v) is 4.68. The Morgan fingerprint density at radius 2 is 1.82 bits per heavy atom. The van der Waals surface area contributed by atoms with Crippen molar-refractivity contribution in [2.24, 2.45) is 0 Å². The summed E-state index contributed by atoms with van der Waals surface area (Å²) in [5.41, 5.74) is 2.83. The lowest BCUT2D eigenvalue weighted by Crippen LogP contribution is -2.09. The van der Waals surface area contributed by atoms with Crippen molar-refractivity contribution in [1.29, 1.82) is 0 Å². The van der Waals surface area contributed by atoms with Crippen molar-refractivity contribution in [3.05, 3.63) is 58.5 Å². The number of carbonyl (C=O) groups is 1. The predicted octanol–water partition coefficient (Wildman–Crippen LogP) is 4.09. The van der Waals surface area contributed by atoms with Crippen LogP contribution in [0.3, 0.4) is 0 Å². The minimum absolute atomic E-state index is 0.0968. The van der Waals surface area contributed by atoms with Crippen molar-refractivity contribution in [1.82, 2.24) is 0 Å². The summed E-state index contributed by atoms with van der Waals surface area (Å²) in [5.74, 6) is 0.908. The largest absolute Gasteiger partial charge is 0.497 e. The number of Topliss-reactive ketones (excluding diaryl/α,β-unsaturated/α-hetero) is 1. The number of benzene rings is 2. The summed E-state index contributed by atoms with van der Waals surface area (Å²) < 4.78 is 5.15. The number of carbonyl (C=O) groups excluding carboxylic acids is 1. The molecule has 0 saturated heterocycles. The molecule has 112 valence electrons. The summed E-state index contributed by atoms with van der Waals surface area (Å²) in [4.78, 5) is 16.4. The Morgan fingerprint density at radius 3 is 2.45 bits per heavy atom. The van der Waals surface area contributed by atoms with Crippen molar-refractivity contribution in [3.63, 3.8) is 0 Å². The summed E-state index contributed by atoms with van der Waals surface area (Å²) >= 11 is 1.53. The van der Waals surface area contributed by atoms with Gasteiger partial charge in [-0.05, 0) is 42.0 Å². The minimum atomic E-state index is 0.0968. The Morgan fingerprint density at radius 1 is 1.09 bits per heavy atom. The van der Waals surface area contributed by atoms with Gasteiger partial charge in [0.25, 0.3) is 0 Å². The quantitative estimate of drug-likeness (QED) is 0.799. The van der Waals surface area contributed by atoms with Crippen LogP contribution in [0.25, 0.3) is 6.08 Å². The van der Waals surface area contributed by atoms with Crippen molar-refractivity contribution < 1.29 is 9.53 Å². The van der Waals surface area contributed by atoms with Gasteiger partial charge in [-0.1, -0.05) is 23.9 Å². The zero-order valence-electron chi connectivity index (χ0n) is 12.8. The van der Waals surface area contributed by atoms with Crippen LogP contribution < -0.4 is 9.64 Å². The number of thioether (sulfide) groups is 1. The van der Waals surface area contributed by atoms with Gasteiger partial charge in [-0.2, -0.15) is 0 Å². The van der Waals surface area contributed by atoms with Crippen molar-refractivity contribution in [2.45, 2.75) is 4.90 Å². The Balaban J connectivity index is 1.91. The molecule has 0 aliphatic carbocycles. The zero-order chi connectivity index (χ0) is 15.7. The molecule has 0 unspecified atom stereocenters. The number of ether oxygens (including phenoxy) is 1. The molecule has 4 heteroatoms. The molecule has 0 saturated carbocycles. The first kappa shape index (κ1) is 14.7. The number of ketones is 1. The van der Waals surface area contributed by atoms with E-state index in [1.807, 2.05) is 67.5 Å². The minimum Gasteiger partial charge on any atom is -0.497 e. The summed E-state index contributed by atoms with van der Waals surface area (Å²) in [5, 5.41) is 0. The average Bonchev–Trinajstić information content (AvgIpc) is 2.84. The number of fused-ring (bicyclic) bond motifs is 1. The van der Waals surface area contributed by atoms with E-state index in [4.69, 9.17) is 4.74 Å². The van der Waals surface area contributed by atoms with E-state index in [0.29, 0.717) is 0 Å². The lowest BCUT2D eigenvalue weighted by molar-refractivity contribution is 0.104. The number of rotatable bonds is 3. The number of hydrogen-bond donors (Lipinski definition) is 0. The lowest BCUT2D eigenvalue weighted by Gasteiger charge is -2.12. The van der Waals surface area contributed by atoms with E-state index in [1.54, 1.807) is 7.11 Å². The van der Waals surface area contributed by atoms with Gasteiger partial charge < -0.3 is 9.64 Å². The number of allylic oxidation sites excluding steroid dienone is 1. The fourth-order valence-corrected chi connectivity index (χ4v) is 3.34.